The Morgan fingerprint density at radius 2 is 1.64 bits per heavy atom. The van der Waals surface area contributed by atoms with Crippen LogP contribution >= 0.6 is 0 Å². The molecule has 2 aliphatic heterocycles. The Morgan fingerprint density at radius 3 is 2.36 bits per heavy atom. The summed E-state index contributed by atoms with van der Waals surface area (Å²) in [7, 11) is 0. The Balaban J connectivity index is 1.50. The average Bonchev–Trinajstić information content (AvgIpc) is 2.84. The first kappa shape index (κ1) is 21.7. The number of nitrogens with zero attached hydrogens (tertiary/aromatic N) is 7. The molecule has 5 rings (SSSR count). The predicted molar refractivity (Wildman–Crippen MR) is 132 cm³/mol. The minimum absolute atomic E-state index is 0.294. The van der Waals surface area contributed by atoms with Crippen molar-refractivity contribution in [1.29, 1.82) is 0 Å². The highest BCUT2D eigenvalue weighted by Crippen LogP contribution is 2.35. The fourth-order valence-corrected chi connectivity index (χ4v) is 5.20. The normalized spacial score (nSPS) is 21.3. The van der Waals surface area contributed by atoms with Gasteiger partial charge in [0, 0.05) is 73.2 Å². The minimum atomic E-state index is 0.294. The number of piperidine rings is 2. The molecule has 2 fully saturated rings. The summed E-state index contributed by atoms with van der Waals surface area (Å²) in [6.07, 6.45) is 10.4. The number of hydrogen-bond donors (Lipinski definition) is 0. The van der Waals surface area contributed by atoms with Crippen LogP contribution in [0.1, 0.15) is 55.6 Å². The zero-order valence-electron chi connectivity index (χ0n) is 19.9. The zero-order chi connectivity index (χ0) is 22.8. The molecule has 33 heavy (non-hydrogen) atoms. The van der Waals surface area contributed by atoms with E-state index in [4.69, 9.17) is 19.9 Å². The van der Waals surface area contributed by atoms with Crippen molar-refractivity contribution in [2.24, 2.45) is 5.92 Å². The Hall–Kier alpha value is -3.09. The third-order valence-corrected chi connectivity index (χ3v) is 6.78. The number of aromatic nitrogens is 5. The van der Waals surface area contributed by atoms with Crippen LogP contribution in [0, 0.1) is 19.8 Å². The summed E-state index contributed by atoms with van der Waals surface area (Å²) in [4.78, 5) is 28.5. The fourth-order valence-electron chi connectivity index (χ4n) is 5.20. The molecule has 2 aliphatic rings. The molecule has 2 saturated heterocycles. The smallest absolute Gasteiger partial charge is 0.225 e. The van der Waals surface area contributed by atoms with Crippen molar-refractivity contribution in [1.82, 2.24) is 24.9 Å². The second-order valence-electron chi connectivity index (χ2n) is 9.64. The molecule has 0 spiro atoms. The van der Waals surface area contributed by atoms with Gasteiger partial charge in [0.15, 0.2) is 0 Å². The molecule has 0 saturated carbocycles. The van der Waals surface area contributed by atoms with Crippen molar-refractivity contribution in [3.05, 3.63) is 53.9 Å². The lowest BCUT2D eigenvalue weighted by molar-refractivity contribution is 0.440. The van der Waals surface area contributed by atoms with Crippen molar-refractivity contribution < 1.29 is 0 Å². The SMILES string of the molecule is Cc1cc(C)nc(N2CCCC(c3nc(N4CCCC(C)C4)ncc3-c3cccnc3)C2)n1. The van der Waals surface area contributed by atoms with Crippen molar-refractivity contribution >= 4 is 11.9 Å². The van der Waals surface area contributed by atoms with Crippen LogP contribution in [-0.2, 0) is 0 Å². The predicted octanol–water partition coefficient (Wildman–Crippen LogP) is 4.57. The second kappa shape index (κ2) is 9.41. The summed E-state index contributed by atoms with van der Waals surface area (Å²) >= 11 is 0. The molecule has 3 aromatic heterocycles. The second-order valence-corrected chi connectivity index (χ2v) is 9.64. The molecular formula is C26H33N7. The topological polar surface area (TPSA) is 70.9 Å². The molecule has 0 amide bonds. The van der Waals surface area contributed by atoms with Gasteiger partial charge in [0.05, 0.1) is 5.69 Å². The monoisotopic (exact) mass is 443 g/mol. The molecule has 3 aromatic rings. The van der Waals surface area contributed by atoms with Crippen LogP contribution in [0.3, 0.4) is 0 Å². The number of pyridine rings is 1. The summed E-state index contributed by atoms with van der Waals surface area (Å²) in [6.45, 7) is 10.3. The van der Waals surface area contributed by atoms with Crippen LogP contribution < -0.4 is 9.80 Å². The van der Waals surface area contributed by atoms with Gasteiger partial charge in [-0.3, -0.25) is 4.98 Å². The van der Waals surface area contributed by atoms with E-state index in [2.05, 4.69) is 27.8 Å². The van der Waals surface area contributed by atoms with Gasteiger partial charge in [-0.25, -0.2) is 19.9 Å². The maximum absolute atomic E-state index is 5.21. The van der Waals surface area contributed by atoms with Gasteiger partial charge < -0.3 is 9.80 Å². The molecule has 0 aliphatic carbocycles. The molecule has 0 bridgehead atoms. The van der Waals surface area contributed by atoms with E-state index in [0.717, 1.165) is 79.1 Å². The van der Waals surface area contributed by atoms with Gasteiger partial charge in [0.1, 0.15) is 0 Å². The van der Waals surface area contributed by atoms with E-state index in [1.807, 2.05) is 44.6 Å². The number of anilines is 2. The molecule has 7 nitrogen and oxygen atoms in total. The van der Waals surface area contributed by atoms with E-state index in [0.29, 0.717) is 11.8 Å². The van der Waals surface area contributed by atoms with Gasteiger partial charge >= 0.3 is 0 Å². The van der Waals surface area contributed by atoms with Crippen molar-refractivity contribution in [2.45, 2.75) is 52.4 Å². The number of rotatable bonds is 4. The Kier molecular flexibility index (Phi) is 6.20. The van der Waals surface area contributed by atoms with Crippen LogP contribution in [0.2, 0.25) is 0 Å². The summed E-state index contributed by atoms with van der Waals surface area (Å²) in [6, 6.07) is 6.11. The minimum Gasteiger partial charge on any atom is -0.341 e. The zero-order valence-corrected chi connectivity index (χ0v) is 19.9. The average molecular weight is 444 g/mol. The van der Waals surface area contributed by atoms with Gasteiger partial charge in [-0.15, -0.1) is 0 Å². The lowest BCUT2D eigenvalue weighted by atomic mass is 9.90. The van der Waals surface area contributed by atoms with Crippen molar-refractivity contribution in [3.8, 4) is 11.1 Å². The molecule has 7 heteroatoms. The molecule has 0 N–H and O–H groups in total. The van der Waals surface area contributed by atoms with Gasteiger partial charge in [-0.2, -0.15) is 0 Å². The molecular weight excluding hydrogens is 410 g/mol. The molecule has 0 aromatic carbocycles. The first-order valence-electron chi connectivity index (χ1n) is 12.2. The third kappa shape index (κ3) is 4.82. The molecule has 2 unspecified atom stereocenters. The van der Waals surface area contributed by atoms with E-state index in [1.165, 1.54) is 12.8 Å². The molecule has 0 radical (unpaired) electrons. The van der Waals surface area contributed by atoms with Crippen LogP contribution in [-0.4, -0.2) is 51.1 Å². The van der Waals surface area contributed by atoms with Crippen LogP contribution in [0.5, 0.6) is 0 Å². The van der Waals surface area contributed by atoms with Crippen molar-refractivity contribution in [2.75, 3.05) is 36.0 Å². The highest BCUT2D eigenvalue weighted by atomic mass is 15.3. The summed E-state index contributed by atoms with van der Waals surface area (Å²) < 4.78 is 0. The molecule has 172 valence electrons. The van der Waals surface area contributed by atoms with E-state index < -0.39 is 0 Å². The van der Waals surface area contributed by atoms with Crippen LogP contribution in [0.25, 0.3) is 11.1 Å². The molecule has 2 atom stereocenters. The fraction of sp³-hybridized carbons (Fsp3) is 0.500. The van der Waals surface area contributed by atoms with E-state index in [9.17, 15) is 0 Å². The largest absolute Gasteiger partial charge is 0.341 e. The summed E-state index contributed by atoms with van der Waals surface area (Å²) in [5, 5.41) is 0. The first-order valence-corrected chi connectivity index (χ1v) is 12.2. The quantitative estimate of drug-likeness (QED) is 0.585. The maximum atomic E-state index is 5.21. The van der Waals surface area contributed by atoms with Gasteiger partial charge in [-0.05, 0) is 57.6 Å². The van der Waals surface area contributed by atoms with Gasteiger partial charge in [-0.1, -0.05) is 13.0 Å². The third-order valence-electron chi connectivity index (χ3n) is 6.78. The lowest BCUT2D eigenvalue weighted by Gasteiger charge is -2.35. The van der Waals surface area contributed by atoms with Crippen LogP contribution in [0.4, 0.5) is 11.9 Å². The Bertz CT molecular complexity index is 1080. The van der Waals surface area contributed by atoms with Gasteiger partial charge in [0.25, 0.3) is 0 Å². The van der Waals surface area contributed by atoms with Crippen molar-refractivity contribution in [3.63, 3.8) is 0 Å². The van der Waals surface area contributed by atoms with E-state index >= 15 is 0 Å². The summed E-state index contributed by atoms with van der Waals surface area (Å²) in [5.41, 5.74) is 5.31. The maximum Gasteiger partial charge on any atom is 0.225 e. The summed E-state index contributed by atoms with van der Waals surface area (Å²) in [5.74, 6) is 2.67. The Labute approximate surface area is 196 Å². The van der Waals surface area contributed by atoms with Gasteiger partial charge in [0.2, 0.25) is 11.9 Å². The first-order chi connectivity index (χ1) is 16.1. The van der Waals surface area contributed by atoms with E-state index in [-0.39, 0.29) is 0 Å². The molecule has 5 heterocycles. The number of aryl methyl sites for hydroxylation is 2. The number of hydrogen-bond acceptors (Lipinski definition) is 7. The van der Waals surface area contributed by atoms with E-state index in [1.54, 1.807) is 0 Å². The standard InChI is InChI=1S/C26H33N7/c1-18-7-5-11-32(16-18)25-28-15-23(21-8-4-10-27-14-21)24(31-25)22-9-6-12-33(17-22)26-29-19(2)13-20(3)30-26/h4,8,10,13-15,18,22H,5-7,9,11-12,16-17H2,1-3H3. The van der Waals surface area contributed by atoms with Crippen LogP contribution in [0.15, 0.2) is 36.8 Å². The Morgan fingerprint density at radius 1 is 0.879 bits per heavy atom. The highest BCUT2D eigenvalue weighted by molar-refractivity contribution is 5.66. The lowest BCUT2D eigenvalue weighted by Crippen LogP contribution is -2.37. The highest BCUT2D eigenvalue weighted by Gasteiger charge is 2.28.